The summed E-state index contributed by atoms with van der Waals surface area (Å²) < 4.78 is 0. The van der Waals surface area contributed by atoms with Gasteiger partial charge in [-0.05, 0) is 46.2 Å². The van der Waals surface area contributed by atoms with Crippen LogP contribution in [0.4, 0.5) is 0 Å². The molecule has 0 aromatic heterocycles. The van der Waals surface area contributed by atoms with Gasteiger partial charge in [0.2, 0.25) is 0 Å². The van der Waals surface area contributed by atoms with Crippen LogP contribution in [0.15, 0.2) is 24.3 Å². The zero-order chi connectivity index (χ0) is 15.5. The summed E-state index contributed by atoms with van der Waals surface area (Å²) in [5.74, 6) is 0. The number of nitrogens with zero attached hydrogens (tertiary/aromatic N) is 2. The van der Waals surface area contributed by atoms with Gasteiger partial charge in [-0.25, -0.2) is 0 Å². The highest BCUT2D eigenvalue weighted by Gasteiger charge is 2.37. The summed E-state index contributed by atoms with van der Waals surface area (Å²) in [4.78, 5) is 5.04. The summed E-state index contributed by atoms with van der Waals surface area (Å²) >= 11 is 0. The Bertz CT molecular complexity index is 430. The first-order valence-electron chi connectivity index (χ1n) is 8.18. The molecule has 0 radical (unpaired) electrons. The van der Waals surface area contributed by atoms with Gasteiger partial charge in [-0.15, -0.1) is 0 Å². The van der Waals surface area contributed by atoms with E-state index < -0.39 is 0 Å². The van der Waals surface area contributed by atoms with Crippen molar-refractivity contribution < 1.29 is 0 Å². The summed E-state index contributed by atoms with van der Waals surface area (Å²) in [6, 6.07) is 9.50. The Hall–Kier alpha value is -0.900. The standard InChI is InChI=1S/C18H31N3/c1-15(2)21-11-9-18(14-19,10-12-21)20(4)13-17-7-5-16(3)6-8-17/h5-8,15H,9-14,19H2,1-4H3. The van der Waals surface area contributed by atoms with E-state index in [9.17, 15) is 0 Å². The van der Waals surface area contributed by atoms with Crippen molar-refractivity contribution in [1.82, 2.24) is 9.80 Å². The molecule has 1 saturated heterocycles. The lowest BCUT2D eigenvalue weighted by atomic mass is 9.85. The van der Waals surface area contributed by atoms with Gasteiger partial charge >= 0.3 is 0 Å². The molecule has 0 unspecified atom stereocenters. The molecule has 1 aromatic rings. The van der Waals surface area contributed by atoms with Crippen molar-refractivity contribution in [2.75, 3.05) is 26.7 Å². The zero-order valence-electron chi connectivity index (χ0n) is 14.1. The minimum atomic E-state index is 0.163. The van der Waals surface area contributed by atoms with Crippen molar-refractivity contribution in [3.8, 4) is 0 Å². The van der Waals surface area contributed by atoms with Gasteiger partial charge in [-0.1, -0.05) is 29.8 Å². The van der Waals surface area contributed by atoms with Crippen LogP contribution in [0.3, 0.4) is 0 Å². The number of hydrogen-bond acceptors (Lipinski definition) is 3. The van der Waals surface area contributed by atoms with Gasteiger partial charge in [0, 0.05) is 37.8 Å². The summed E-state index contributed by atoms with van der Waals surface area (Å²) in [5.41, 5.74) is 9.04. The summed E-state index contributed by atoms with van der Waals surface area (Å²) in [6.45, 7) is 10.8. The third-order valence-electron chi connectivity index (χ3n) is 5.19. The van der Waals surface area contributed by atoms with Crippen molar-refractivity contribution in [3.63, 3.8) is 0 Å². The summed E-state index contributed by atoms with van der Waals surface area (Å²) in [6.07, 6.45) is 2.34. The third kappa shape index (κ3) is 3.85. The Morgan fingerprint density at radius 1 is 1.19 bits per heavy atom. The van der Waals surface area contributed by atoms with Gasteiger partial charge in [0.15, 0.2) is 0 Å². The van der Waals surface area contributed by atoms with Gasteiger partial charge in [-0.2, -0.15) is 0 Å². The van der Waals surface area contributed by atoms with Gasteiger partial charge in [-0.3, -0.25) is 4.90 Å². The first kappa shape index (κ1) is 16.5. The second kappa shape index (κ2) is 6.91. The fourth-order valence-electron chi connectivity index (χ4n) is 3.33. The van der Waals surface area contributed by atoms with Crippen LogP contribution in [-0.2, 0) is 6.54 Å². The summed E-state index contributed by atoms with van der Waals surface area (Å²) in [7, 11) is 2.23. The topological polar surface area (TPSA) is 32.5 Å². The SMILES string of the molecule is Cc1ccc(CN(C)C2(CN)CCN(C(C)C)CC2)cc1. The molecule has 0 atom stereocenters. The van der Waals surface area contributed by atoms with Crippen LogP contribution in [0.2, 0.25) is 0 Å². The quantitative estimate of drug-likeness (QED) is 0.904. The van der Waals surface area contributed by atoms with Gasteiger partial charge in [0.05, 0.1) is 0 Å². The van der Waals surface area contributed by atoms with Crippen molar-refractivity contribution in [3.05, 3.63) is 35.4 Å². The van der Waals surface area contributed by atoms with Crippen LogP contribution < -0.4 is 5.73 Å². The molecular formula is C18H31N3. The Morgan fingerprint density at radius 3 is 2.24 bits per heavy atom. The highest BCUT2D eigenvalue weighted by molar-refractivity contribution is 5.21. The van der Waals surface area contributed by atoms with Crippen LogP contribution in [-0.4, -0.2) is 48.1 Å². The van der Waals surface area contributed by atoms with Crippen LogP contribution >= 0.6 is 0 Å². The third-order valence-corrected chi connectivity index (χ3v) is 5.19. The Morgan fingerprint density at radius 2 is 1.76 bits per heavy atom. The molecular weight excluding hydrogens is 258 g/mol. The van der Waals surface area contributed by atoms with Crippen LogP contribution in [0.5, 0.6) is 0 Å². The molecule has 2 N–H and O–H groups in total. The normalized spacial score (nSPS) is 19.4. The van der Waals surface area contributed by atoms with E-state index in [1.165, 1.54) is 24.0 Å². The van der Waals surface area contributed by atoms with E-state index in [1.807, 2.05) is 0 Å². The monoisotopic (exact) mass is 289 g/mol. The van der Waals surface area contributed by atoms with Gasteiger partial charge in [0.25, 0.3) is 0 Å². The molecule has 0 aliphatic carbocycles. The molecule has 1 aliphatic rings. The molecule has 0 amide bonds. The molecule has 3 heteroatoms. The van der Waals surface area contributed by atoms with Crippen molar-refractivity contribution in [2.24, 2.45) is 5.73 Å². The van der Waals surface area contributed by atoms with Gasteiger partial charge in [0.1, 0.15) is 0 Å². The lowest BCUT2D eigenvalue weighted by Gasteiger charge is -2.48. The molecule has 118 valence electrons. The number of rotatable bonds is 5. The van der Waals surface area contributed by atoms with Crippen LogP contribution in [0.1, 0.15) is 37.8 Å². The average Bonchev–Trinajstić information content (AvgIpc) is 2.49. The van der Waals surface area contributed by atoms with Crippen molar-refractivity contribution in [2.45, 2.75) is 51.7 Å². The number of benzene rings is 1. The molecule has 0 bridgehead atoms. The van der Waals surface area contributed by atoms with Crippen LogP contribution in [0.25, 0.3) is 0 Å². The van der Waals surface area contributed by atoms with Crippen molar-refractivity contribution >= 4 is 0 Å². The molecule has 1 heterocycles. The fourth-order valence-corrected chi connectivity index (χ4v) is 3.33. The molecule has 1 fully saturated rings. The Labute approximate surface area is 130 Å². The minimum Gasteiger partial charge on any atom is -0.329 e. The molecule has 1 aromatic carbocycles. The lowest BCUT2D eigenvalue weighted by Crippen LogP contribution is -2.58. The van der Waals surface area contributed by atoms with Crippen molar-refractivity contribution in [1.29, 1.82) is 0 Å². The van der Waals surface area contributed by atoms with E-state index in [4.69, 9.17) is 5.73 Å². The fraction of sp³-hybridized carbons (Fsp3) is 0.667. The first-order chi connectivity index (χ1) is 9.97. The average molecular weight is 289 g/mol. The molecule has 21 heavy (non-hydrogen) atoms. The van der Waals surface area contributed by atoms with E-state index in [1.54, 1.807) is 0 Å². The predicted molar refractivity (Wildman–Crippen MR) is 90.4 cm³/mol. The maximum absolute atomic E-state index is 6.18. The zero-order valence-corrected chi connectivity index (χ0v) is 14.1. The van der Waals surface area contributed by atoms with E-state index in [-0.39, 0.29) is 5.54 Å². The summed E-state index contributed by atoms with van der Waals surface area (Å²) in [5, 5.41) is 0. The number of nitrogens with two attached hydrogens (primary N) is 1. The smallest absolute Gasteiger partial charge is 0.0356 e. The number of likely N-dealkylation sites (tertiary alicyclic amines) is 1. The molecule has 3 nitrogen and oxygen atoms in total. The molecule has 2 rings (SSSR count). The Balaban J connectivity index is 2.01. The predicted octanol–water partition coefficient (Wildman–Crippen LogP) is 2.63. The maximum Gasteiger partial charge on any atom is 0.0356 e. The molecule has 0 saturated carbocycles. The highest BCUT2D eigenvalue weighted by atomic mass is 15.2. The second-order valence-electron chi connectivity index (χ2n) is 6.90. The number of likely N-dealkylation sites (N-methyl/N-ethyl adjacent to an activating group) is 1. The highest BCUT2D eigenvalue weighted by Crippen LogP contribution is 2.29. The lowest BCUT2D eigenvalue weighted by molar-refractivity contribution is 0.0298. The first-order valence-corrected chi connectivity index (χ1v) is 8.18. The van der Waals surface area contributed by atoms with E-state index in [2.05, 4.69) is 61.9 Å². The number of hydrogen-bond donors (Lipinski definition) is 1. The number of aryl methyl sites for hydroxylation is 1. The minimum absolute atomic E-state index is 0.163. The molecule has 0 spiro atoms. The number of piperidine rings is 1. The maximum atomic E-state index is 6.18. The van der Waals surface area contributed by atoms with E-state index in [0.29, 0.717) is 6.04 Å². The van der Waals surface area contributed by atoms with Gasteiger partial charge < -0.3 is 10.6 Å². The van der Waals surface area contributed by atoms with Crippen LogP contribution in [0, 0.1) is 6.92 Å². The molecule has 1 aliphatic heterocycles. The Kier molecular flexibility index (Phi) is 5.42. The van der Waals surface area contributed by atoms with E-state index >= 15 is 0 Å². The second-order valence-corrected chi connectivity index (χ2v) is 6.90. The van der Waals surface area contributed by atoms with E-state index in [0.717, 1.165) is 26.2 Å². The largest absolute Gasteiger partial charge is 0.329 e.